The highest BCUT2D eigenvalue weighted by Crippen LogP contribution is 2.26. The fourth-order valence-corrected chi connectivity index (χ4v) is 5.01. The van der Waals surface area contributed by atoms with E-state index < -0.39 is 22.4 Å². The number of nitrogens with one attached hydrogen (secondary N) is 1. The van der Waals surface area contributed by atoms with Gasteiger partial charge < -0.3 is 5.32 Å². The van der Waals surface area contributed by atoms with Crippen LogP contribution in [-0.4, -0.2) is 26.9 Å². The van der Waals surface area contributed by atoms with Crippen molar-refractivity contribution in [3.8, 4) is 0 Å². The van der Waals surface area contributed by atoms with E-state index in [0.29, 0.717) is 5.92 Å². The first kappa shape index (κ1) is 20.3. The molecule has 0 spiro atoms. The van der Waals surface area contributed by atoms with Crippen LogP contribution in [0.25, 0.3) is 0 Å². The average molecular weight is 405 g/mol. The predicted octanol–water partition coefficient (Wildman–Crippen LogP) is 3.72. The van der Waals surface area contributed by atoms with Crippen LogP contribution < -0.4 is 9.62 Å². The maximum absolute atomic E-state index is 13.8. The fraction of sp³-hybridized carbons (Fsp3) is 0.381. The lowest BCUT2D eigenvalue weighted by atomic mass is 9.86. The topological polar surface area (TPSA) is 66.5 Å². The molecule has 2 aromatic carbocycles. The summed E-state index contributed by atoms with van der Waals surface area (Å²) in [6.45, 7) is 1.69. The highest BCUT2D eigenvalue weighted by molar-refractivity contribution is 7.92. The minimum Gasteiger partial charge on any atom is -0.352 e. The molecule has 1 fully saturated rings. The first-order chi connectivity index (χ1) is 13.4. The fourth-order valence-electron chi connectivity index (χ4n) is 3.58. The van der Waals surface area contributed by atoms with Crippen LogP contribution in [0.4, 0.5) is 10.1 Å². The molecule has 3 rings (SSSR count). The molecule has 0 bridgehead atoms. The van der Waals surface area contributed by atoms with Crippen LogP contribution in [0.5, 0.6) is 0 Å². The molecule has 28 heavy (non-hydrogen) atoms. The number of benzene rings is 2. The van der Waals surface area contributed by atoms with Gasteiger partial charge in [0.2, 0.25) is 5.91 Å². The molecular formula is C21H25FN2O3S. The molecule has 0 radical (unpaired) electrons. The Morgan fingerprint density at radius 3 is 2.50 bits per heavy atom. The number of sulfonamides is 1. The zero-order chi connectivity index (χ0) is 20.1. The Labute approximate surface area is 165 Å². The maximum Gasteiger partial charge on any atom is 0.264 e. The summed E-state index contributed by atoms with van der Waals surface area (Å²) in [4.78, 5) is 12.7. The molecule has 5 nitrogen and oxygen atoms in total. The Kier molecular flexibility index (Phi) is 6.34. The maximum atomic E-state index is 13.8. The smallest absolute Gasteiger partial charge is 0.264 e. The van der Waals surface area contributed by atoms with E-state index in [4.69, 9.17) is 0 Å². The largest absolute Gasteiger partial charge is 0.352 e. The van der Waals surface area contributed by atoms with Gasteiger partial charge in [-0.05, 0) is 49.1 Å². The van der Waals surface area contributed by atoms with Gasteiger partial charge in [-0.15, -0.1) is 0 Å². The Morgan fingerprint density at radius 2 is 1.82 bits per heavy atom. The van der Waals surface area contributed by atoms with Crippen molar-refractivity contribution in [3.05, 3.63) is 60.4 Å². The first-order valence-corrected chi connectivity index (χ1v) is 10.9. The number of halogens is 1. The van der Waals surface area contributed by atoms with E-state index in [-0.39, 0.29) is 22.5 Å². The lowest BCUT2D eigenvalue weighted by Crippen LogP contribution is -2.47. The van der Waals surface area contributed by atoms with Crippen molar-refractivity contribution in [1.29, 1.82) is 0 Å². The summed E-state index contributed by atoms with van der Waals surface area (Å²) in [7, 11) is -4.01. The second-order valence-electron chi connectivity index (χ2n) is 7.24. The predicted molar refractivity (Wildman–Crippen MR) is 107 cm³/mol. The zero-order valence-electron chi connectivity index (χ0n) is 15.8. The molecule has 2 aromatic rings. The van der Waals surface area contributed by atoms with Crippen LogP contribution in [0.3, 0.4) is 0 Å². The van der Waals surface area contributed by atoms with Crippen LogP contribution in [-0.2, 0) is 14.8 Å². The van der Waals surface area contributed by atoms with Crippen LogP contribution in [0.2, 0.25) is 0 Å². The molecule has 0 heterocycles. The second kappa shape index (κ2) is 8.73. The molecule has 0 aromatic heterocycles. The van der Waals surface area contributed by atoms with Crippen molar-refractivity contribution in [2.75, 3.05) is 10.8 Å². The molecule has 2 atom stereocenters. The summed E-state index contributed by atoms with van der Waals surface area (Å²) in [5.41, 5.74) is 0.121. The number of hydrogen-bond donors (Lipinski definition) is 1. The number of carbonyl (C=O) groups excluding carboxylic acids is 1. The van der Waals surface area contributed by atoms with Gasteiger partial charge in [-0.2, -0.15) is 0 Å². The van der Waals surface area contributed by atoms with E-state index in [1.54, 1.807) is 18.2 Å². The molecule has 1 aliphatic rings. The molecule has 1 saturated carbocycles. The summed E-state index contributed by atoms with van der Waals surface area (Å²) >= 11 is 0. The zero-order valence-corrected chi connectivity index (χ0v) is 16.7. The third-order valence-electron chi connectivity index (χ3n) is 5.17. The first-order valence-electron chi connectivity index (χ1n) is 9.50. The average Bonchev–Trinajstić information content (AvgIpc) is 2.68. The summed E-state index contributed by atoms with van der Waals surface area (Å²) in [6, 6.07) is 13.2. The van der Waals surface area contributed by atoms with E-state index in [9.17, 15) is 17.6 Å². The normalized spacial score (nSPS) is 19.8. The van der Waals surface area contributed by atoms with Gasteiger partial charge in [-0.1, -0.05) is 44.0 Å². The van der Waals surface area contributed by atoms with Gasteiger partial charge in [0.25, 0.3) is 10.0 Å². The molecule has 1 aliphatic carbocycles. The summed E-state index contributed by atoms with van der Waals surface area (Å²) in [6.07, 6.45) is 4.12. The van der Waals surface area contributed by atoms with Gasteiger partial charge in [0, 0.05) is 6.04 Å². The van der Waals surface area contributed by atoms with E-state index >= 15 is 0 Å². The van der Waals surface area contributed by atoms with Crippen LogP contribution in [0.1, 0.15) is 32.6 Å². The third-order valence-corrected chi connectivity index (χ3v) is 6.96. The lowest BCUT2D eigenvalue weighted by molar-refractivity contribution is -0.120. The highest BCUT2D eigenvalue weighted by Gasteiger charge is 2.29. The van der Waals surface area contributed by atoms with Gasteiger partial charge in [0.05, 0.1) is 10.6 Å². The number of carbonyl (C=O) groups is 1. The Morgan fingerprint density at radius 1 is 1.11 bits per heavy atom. The third kappa shape index (κ3) is 4.70. The van der Waals surface area contributed by atoms with E-state index in [1.807, 2.05) is 0 Å². The van der Waals surface area contributed by atoms with Crippen LogP contribution >= 0.6 is 0 Å². The molecule has 7 heteroatoms. The van der Waals surface area contributed by atoms with E-state index in [0.717, 1.165) is 36.1 Å². The number of amides is 1. The summed E-state index contributed by atoms with van der Waals surface area (Å²) in [5, 5.41) is 2.97. The molecule has 0 saturated heterocycles. The number of hydrogen-bond acceptors (Lipinski definition) is 3. The Hall–Kier alpha value is -2.41. The van der Waals surface area contributed by atoms with Crippen molar-refractivity contribution < 1.29 is 17.6 Å². The molecule has 1 amide bonds. The van der Waals surface area contributed by atoms with Crippen LogP contribution in [0, 0.1) is 11.7 Å². The van der Waals surface area contributed by atoms with Crippen molar-refractivity contribution in [2.45, 2.75) is 43.5 Å². The van der Waals surface area contributed by atoms with Crippen molar-refractivity contribution in [2.24, 2.45) is 5.92 Å². The Bertz CT molecular complexity index is 918. The second-order valence-corrected chi connectivity index (χ2v) is 9.10. The van der Waals surface area contributed by atoms with Gasteiger partial charge >= 0.3 is 0 Å². The molecule has 1 N–H and O–H groups in total. The standard InChI is InChI=1S/C21H25FN2O3S/c1-16-8-5-6-13-20(16)23-21(25)15-24(18-10-7-9-17(22)14-18)28(26,27)19-11-3-2-4-12-19/h2-4,7,9-12,14,16,20H,5-6,8,13,15H2,1H3,(H,23,25)/t16-,20-/m1/s1. The number of rotatable bonds is 6. The summed E-state index contributed by atoms with van der Waals surface area (Å²) in [5.74, 6) is -0.597. The van der Waals surface area contributed by atoms with Crippen molar-refractivity contribution in [3.63, 3.8) is 0 Å². The van der Waals surface area contributed by atoms with Crippen molar-refractivity contribution in [1.82, 2.24) is 5.32 Å². The molecular weight excluding hydrogens is 379 g/mol. The number of anilines is 1. The molecule has 0 unspecified atom stereocenters. The molecule has 0 aliphatic heterocycles. The van der Waals surface area contributed by atoms with Crippen LogP contribution in [0.15, 0.2) is 59.5 Å². The molecule has 150 valence electrons. The van der Waals surface area contributed by atoms with Gasteiger partial charge in [0.1, 0.15) is 12.4 Å². The highest BCUT2D eigenvalue weighted by atomic mass is 32.2. The van der Waals surface area contributed by atoms with Gasteiger partial charge in [-0.25, -0.2) is 12.8 Å². The Balaban J connectivity index is 1.87. The van der Waals surface area contributed by atoms with E-state index in [1.165, 1.54) is 30.3 Å². The van der Waals surface area contributed by atoms with E-state index in [2.05, 4.69) is 12.2 Å². The monoisotopic (exact) mass is 404 g/mol. The minimum absolute atomic E-state index is 0.0371. The number of nitrogens with zero attached hydrogens (tertiary/aromatic N) is 1. The van der Waals surface area contributed by atoms with Gasteiger partial charge in [-0.3, -0.25) is 9.10 Å². The lowest BCUT2D eigenvalue weighted by Gasteiger charge is -2.31. The minimum atomic E-state index is -4.01. The quantitative estimate of drug-likeness (QED) is 0.798. The SMILES string of the molecule is C[C@@H]1CCCC[C@H]1NC(=O)CN(c1cccc(F)c1)S(=O)(=O)c1ccccc1. The van der Waals surface area contributed by atoms with Crippen molar-refractivity contribution >= 4 is 21.6 Å². The van der Waals surface area contributed by atoms with Gasteiger partial charge in [0.15, 0.2) is 0 Å². The summed E-state index contributed by atoms with van der Waals surface area (Å²) < 4.78 is 41.0.